The number of alkyl halides is 4. The number of hydrogen-bond donors (Lipinski definition) is 0. The van der Waals surface area contributed by atoms with Crippen LogP contribution in [0.2, 0.25) is 0 Å². The molecule has 0 amide bonds. The molecule has 0 heterocycles. The average Bonchev–Trinajstić information content (AvgIpc) is 1.60. The van der Waals surface area contributed by atoms with E-state index in [0.717, 1.165) is 4.90 Å². The Kier molecular flexibility index (Phi) is 3.08. The van der Waals surface area contributed by atoms with Crippen molar-refractivity contribution in [1.82, 2.24) is 4.90 Å². The van der Waals surface area contributed by atoms with Crippen LogP contribution >= 0.6 is 0 Å². The van der Waals surface area contributed by atoms with Crippen LogP contribution < -0.4 is 0 Å². The van der Waals surface area contributed by atoms with Gasteiger partial charge in [-0.05, 0) is 14.1 Å². The Bertz CT molecular complexity index is 98.3. The van der Waals surface area contributed by atoms with E-state index in [1.165, 1.54) is 14.1 Å². The Hall–Kier alpha value is -0.320. The van der Waals surface area contributed by atoms with Crippen LogP contribution in [0.1, 0.15) is 6.42 Å². The highest BCUT2D eigenvalue weighted by Crippen LogP contribution is 2.23. The third-order valence-corrected chi connectivity index (χ3v) is 0.960. The lowest BCUT2D eigenvalue weighted by atomic mass is 10.4. The van der Waals surface area contributed by atoms with Gasteiger partial charge in [0.2, 0.25) is 0 Å². The lowest BCUT2D eigenvalue weighted by Crippen LogP contribution is -2.28. The molecule has 0 aromatic heterocycles. The first-order valence-electron chi connectivity index (χ1n) is 2.70. The Morgan fingerprint density at radius 2 is 1.70 bits per heavy atom. The average molecular weight is 159 g/mol. The van der Waals surface area contributed by atoms with E-state index in [0.29, 0.717) is 0 Å². The molecule has 0 aliphatic carbocycles. The fourth-order valence-electron chi connectivity index (χ4n) is 0.374. The van der Waals surface area contributed by atoms with Gasteiger partial charge in [-0.15, -0.1) is 0 Å². The number of hydrogen-bond acceptors (Lipinski definition) is 1. The molecule has 0 bridgehead atoms. The third-order valence-electron chi connectivity index (χ3n) is 0.960. The maximum atomic E-state index is 12.2. The number of nitrogens with zero attached hydrogens (tertiary/aromatic N) is 1. The molecule has 1 unspecified atom stereocenters. The van der Waals surface area contributed by atoms with E-state index in [-0.39, 0.29) is 0 Å². The van der Waals surface area contributed by atoms with Crippen LogP contribution in [0.15, 0.2) is 0 Å². The Balaban J connectivity index is 3.68. The molecule has 0 radical (unpaired) electrons. The molecule has 1 nitrogen and oxygen atoms in total. The van der Waals surface area contributed by atoms with Crippen LogP contribution in [0.4, 0.5) is 17.6 Å². The van der Waals surface area contributed by atoms with Crippen molar-refractivity contribution >= 4 is 0 Å². The fraction of sp³-hybridized carbons (Fsp3) is 1.00. The quantitative estimate of drug-likeness (QED) is 0.438. The van der Waals surface area contributed by atoms with Gasteiger partial charge in [0.15, 0.2) is 6.30 Å². The van der Waals surface area contributed by atoms with Crippen molar-refractivity contribution in [1.29, 1.82) is 0 Å². The van der Waals surface area contributed by atoms with Gasteiger partial charge in [0.1, 0.15) is 0 Å². The largest absolute Gasteiger partial charge is 0.393 e. The highest BCUT2D eigenvalue weighted by Gasteiger charge is 2.32. The zero-order valence-electron chi connectivity index (χ0n) is 5.74. The van der Waals surface area contributed by atoms with Crippen molar-refractivity contribution < 1.29 is 17.6 Å². The predicted octanol–water partition coefficient (Wildman–Crippen LogP) is 1.80. The maximum absolute atomic E-state index is 12.2. The topological polar surface area (TPSA) is 3.24 Å². The first-order valence-corrected chi connectivity index (χ1v) is 2.70. The molecule has 0 fully saturated rings. The maximum Gasteiger partial charge on any atom is 0.393 e. The van der Waals surface area contributed by atoms with Crippen LogP contribution in [0, 0.1) is 0 Å². The molecule has 0 aromatic carbocycles. The van der Waals surface area contributed by atoms with Crippen LogP contribution in [0.5, 0.6) is 0 Å². The third kappa shape index (κ3) is 4.55. The van der Waals surface area contributed by atoms with Gasteiger partial charge >= 0.3 is 6.18 Å². The van der Waals surface area contributed by atoms with Crippen LogP contribution in [-0.4, -0.2) is 31.5 Å². The van der Waals surface area contributed by atoms with Crippen LogP contribution in [0.25, 0.3) is 0 Å². The van der Waals surface area contributed by atoms with Gasteiger partial charge < -0.3 is 0 Å². The highest BCUT2D eigenvalue weighted by atomic mass is 19.4. The van der Waals surface area contributed by atoms with Gasteiger partial charge in [0, 0.05) is 0 Å². The van der Waals surface area contributed by atoms with E-state index in [1.807, 2.05) is 0 Å². The van der Waals surface area contributed by atoms with Crippen molar-refractivity contribution in [2.75, 3.05) is 14.1 Å². The molecule has 0 aliphatic rings. The van der Waals surface area contributed by atoms with Gasteiger partial charge in [-0.1, -0.05) is 0 Å². The summed E-state index contributed by atoms with van der Waals surface area (Å²) in [5.41, 5.74) is 0. The standard InChI is InChI=1S/C5H9F4N/c1-10(2)4(6)3-5(7,8)9/h4H,3H2,1-2H3. The van der Waals surface area contributed by atoms with Crippen molar-refractivity contribution in [3.63, 3.8) is 0 Å². The highest BCUT2D eigenvalue weighted by molar-refractivity contribution is 4.58. The lowest BCUT2D eigenvalue weighted by Gasteiger charge is -2.16. The summed E-state index contributed by atoms with van der Waals surface area (Å²) >= 11 is 0. The van der Waals surface area contributed by atoms with Crippen molar-refractivity contribution in [2.45, 2.75) is 18.9 Å². The molecule has 0 N–H and O–H groups in total. The molecule has 0 spiro atoms. The Labute approximate surface area is 56.6 Å². The van der Waals surface area contributed by atoms with E-state index < -0.39 is 18.9 Å². The van der Waals surface area contributed by atoms with E-state index in [4.69, 9.17) is 0 Å². The Morgan fingerprint density at radius 1 is 1.30 bits per heavy atom. The summed E-state index contributed by atoms with van der Waals surface area (Å²) < 4.78 is 46.4. The minimum Gasteiger partial charge on any atom is -0.280 e. The molecule has 0 rings (SSSR count). The Morgan fingerprint density at radius 3 is 1.80 bits per heavy atom. The monoisotopic (exact) mass is 159 g/mol. The number of rotatable bonds is 2. The summed E-state index contributed by atoms with van der Waals surface area (Å²) in [4.78, 5) is 0.882. The van der Waals surface area contributed by atoms with E-state index in [9.17, 15) is 17.6 Å². The van der Waals surface area contributed by atoms with Gasteiger partial charge in [0.25, 0.3) is 0 Å². The second kappa shape index (κ2) is 3.18. The van der Waals surface area contributed by atoms with E-state index in [2.05, 4.69) is 0 Å². The first kappa shape index (κ1) is 9.68. The SMILES string of the molecule is CN(C)C(F)CC(F)(F)F. The summed E-state index contributed by atoms with van der Waals surface area (Å²) in [6.45, 7) is 0. The second-order valence-electron chi connectivity index (χ2n) is 2.22. The zero-order chi connectivity index (χ0) is 8.36. The van der Waals surface area contributed by atoms with Crippen molar-refractivity contribution in [2.24, 2.45) is 0 Å². The molecule has 5 heteroatoms. The van der Waals surface area contributed by atoms with Crippen LogP contribution in [0.3, 0.4) is 0 Å². The van der Waals surface area contributed by atoms with Crippen LogP contribution in [-0.2, 0) is 0 Å². The number of halogens is 4. The van der Waals surface area contributed by atoms with E-state index in [1.54, 1.807) is 0 Å². The molecule has 62 valence electrons. The van der Waals surface area contributed by atoms with Gasteiger partial charge in [0.05, 0.1) is 6.42 Å². The summed E-state index contributed by atoms with van der Waals surface area (Å²) in [6.07, 6.45) is -7.75. The first-order chi connectivity index (χ1) is 4.33. The van der Waals surface area contributed by atoms with Gasteiger partial charge in [-0.3, -0.25) is 4.90 Å². The van der Waals surface area contributed by atoms with Gasteiger partial charge in [-0.2, -0.15) is 13.2 Å². The smallest absolute Gasteiger partial charge is 0.280 e. The fourth-order valence-corrected chi connectivity index (χ4v) is 0.374. The normalized spacial score (nSPS) is 15.9. The molecule has 0 saturated heterocycles. The molecule has 0 aliphatic heterocycles. The second-order valence-corrected chi connectivity index (χ2v) is 2.22. The summed E-state index contributed by atoms with van der Waals surface area (Å²) in [6, 6.07) is 0. The predicted molar refractivity (Wildman–Crippen MR) is 29.3 cm³/mol. The van der Waals surface area contributed by atoms with Crippen molar-refractivity contribution in [3.05, 3.63) is 0 Å². The molecule has 0 aromatic rings. The lowest BCUT2D eigenvalue weighted by molar-refractivity contribution is -0.157. The van der Waals surface area contributed by atoms with Gasteiger partial charge in [-0.25, -0.2) is 4.39 Å². The minimum atomic E-state index is -4.41. The summed E-state index contributed by atoms with van der Waals surface area (Å²) in [5.74, 6) is 0. The summed E-state index contributed by atoms with van der Waals surface area (Å²) in [5, 5.41) is 0. The molecule has 0 saturated carbocycles. The molecule has 10 heavy (non-hydrogen) atoms. The molecule has 1 atom stereocenters. The minimum absolute atomic E-state index is 0.882. The molecular formula is C5H9F4N. The van der Waals surface area contributed by atoms with E-state index >= 15 is 0 Å². The zero-order valence-corrected chi connectivity index (χ0v) is 5.74. The molecular weight excluding hydrogens is 150 g/mol. The van der Waals surface area contributed by atoms with Crippen molar-refractivity contribution in [3.8, 4) is 0 Å². The summed E-state index contributed by atoms with van der Waals surface area (Å²) in [7, 11) is 2.52.